The zero-order valence-corrected chi connectivity index (χ0v) is 14.4. The van der Waals surface area contributed by atoms with Crippen molar-refractivity contribution >= 4 is 15.9 Å². The van der Waals surface area contributed by atoms with E-state index in [4.69, 9.17) is 9.47 Å². The summed E-state index contributed by atoms with van der Waals surface area (Å²) >= 11 is 3.55. The van der Waals surface area contributed by atoms with Crippen molar-refractivity contribution in [2.45, 2.75) is 13.5 Å². The number of benzene rings is 2. The van der Waals surface area contributed by atoms with E-state index in [0.29, 0.717) is 0 Å². The molecule has 2 rings (SSSR count). The number of hydrogen-bond donors (Lipinski definition) is 1. The van der Waals surface area contributed by atoms with Crippen molar-refractivity contribution in [3.63, 3.8) is 0 Å². The SMILES string of the molecule is CNCc1ccc(-c2ccc(OC)c(Br)c2OC)c(C)c1. The lowest BCUT2D eigenvalue weighted by molar-refractivity contribution is 0.390. The monoisotopic (exact) mass is 349 g/mol. The van der Waals surface area contributed by atoms with Crippen molar-refractivity contribution in [2.75, 3.05) is 21.3 Å². The van der Waals surface area contributed by atoms with Crippen LogP contribution in [0.15, 0.2) is 34.8 Å². The van der Waals surface area contributed by atoms with E-state index < -0.39 is 0 Å². The molecule has 3 nitrogen and oxygen atoms in total. The molecular formula is C17H20BrNO2. The third-order valence-corrected chi connectivity index (χ3v) is 4.20. The molecule has 0 spiro atoms. The van der Waals surface area contributed by atoms with Crippen LogP contribution in [0.1, 0.15) is 11.1 Å². The fourth-order valence-electron chi connectivity index (χ4n) is 2.45. The standard InChI is InChI=1S/C17H20BrNO2/c1-11-9-12(10-19-2)5-6-13(11)14-7-8-15(20-3)16(18)17(14)21-4/h5-9,19H,10H2,1-4H3. The summed E-state index contributed by atoms with van der Waals surface area (Å²) < 4.78 is 11.7. The van der Waals surface area contributed by atoms with Gasteiger partial charge in [-0.3, -0.25) is 0 Å². The zero-order chi connectivity index (χ0) is 15.4. The van der Waals surface area contributed by atoms with Gasteiger partial charge in [-0.05, 0) is 58.7 Å². The fraction of sp³-hybridized carbons (Fsp3) is 0.294. The molecule has 0 aromatic heterocycles. The average Bonchev–Trinajstić information content (AvgIpc) is 2.47. The molecule has 21 heavy (non-hydrogen) atoms. The second-order valence-electron chi connectivity index (χ2n) is 4.84. The molecule has 0 heterocycles. The van der Waals surface area contributed by atoms with E-state index in [0.717, 1.165) is 33.6 Å². The highest BCUT2D eigenvalue weighted by atomic mass is 79.9. The van der Waals surface area contributed by atoms with E-state index in [1.54, 1.807) is 14.2 Å². The maximum Gasteiger partial charge on any atom is 0.144 e. The van der Waals surface area contributed by atoms with Crippen LogP contribution in [0.3, 0.4) is 0 Å². The van der Waals surface area contributed by atoms with Crippen LogP contribution in [-0.4, -0.2) is 21.3 Å². The summed E-state index contributed by atoms with van der Waals surface area (Å²) in [6, 6.07) is 10.4. The van der Waals surface area contributed by atoms with Crippen LogP contribution in [0.25, 0.3) is 11.1 Å². The summed E-state index contributed by atoms with van der Waals surface area (Å²) in [6.45, 7) is 2.98. The molecule has 0 bridgehead atoms. The smallest absolute Gasteiger partial charge is 0.144 e. The molecule has 0 amide bonds. The predicted octanol–water partition coefficient (Wildman–Crippen LogP) is 4.16. The van der Waals surface area contributed by atoms with Crippen molar-refractivity contribution < 1.29 is 9.47 Å². The van der Waals surface area contributed by atoms with E-state index in [2.05, 4.69) is 46.4 Å². The average molecular weight is 350 g/mol. The van der Waals surface area contributed by atoms with Crippen LogP contribution < -0.4 is 14.8 Å². The molecule has 112 valence electrons. The first-order valence-corrected chi connectivity index (χ1v) is 7.56. The van der Waals surface area contributed by atoms with Gasteiger partial charge < -0.3 is 14.8 Å². The van der Waals surface area contributed by atoms with Crippen molar-refractivity contribution in [3.05, 3.63) is 45.9 Å². The van der Waals surface area contributed by atoms with Gasteiger partial charge in [-0.25, -0.2) is 0 Å². The molecule has 2 aromatic carbocycles. The second kappa shape index (κ2) is 6.96. The van der Waals surface area contributed by atoms with E-state index in [1.807, 2.05) is 19.2 Å². The minimum atomic E-state index is 0.764. The lowest BCUT2D eigenvalue weighted by Gasteiger charge is -2.15. The van der Waals surface area contributed by atoms with Crippen LogP contribution in [0.2, 0.25) is 0 Å². The van der Waals surface area contributed by atoms with Crippen LogP contribution in [0.4, 0.5) is 0 Å². The molecular weight excluding hydrogens is 330 g/mol. The molecule has 0 radical (unpaired) electrons. The van der Waals surface area contributed by atoms with E-state index in [9.17, 15) is 0 Å². The molecule has 0 aliphatic carbocycles. The molecule has 0 fully saturated rings. The number of ether oxygens (including phenoxy) is 2. The minimum Gasteiger partial charge on any atom is -0.495 e. The van der Waals surface area contributed by atoms with Crippen molar-refractivity contribution in [2.24, 2.45) is 0 Å². The van der Waals surface area contributed by atoms with Gasteiger partial charge in [0.25, 0.3) is 0 Å². The van der Waals surface area contributed by atoms with Crippen LogP contribution >= 0.6 is 15.9 Å². The molecule has 4 heteroatoms. The third-order valence-electron chi connectivity index (χ3n) is 3.45. The van der Waals surface area contributed by atoms with Gasteiger partial charge in [-0.15, -0.1) is 0 Å². The normalized spacial score (nSPS) is 10.5. The van der Waals surface area contributed by atoms with Crippen LogP contribution in [0.5, 0.6) is 11.5 Å². The van der Waals surface area contributed by atoms with Gasteiger partial charge in [0, 0.05) is 12.1 Å². The number of rotatable bonds is 5. The van der Waals surface area contributed by atoms with E-state index in [1.165, 1.54) is 11.1 Å². The highest BCUT2D eigenvalue weighted by Gasteiger charge is 2.15. The largest absolute Gasteiger partial charge is 0.495 e. The number of aryl methyl sites for hydroxylation is 1. The fourth-order valence-corrected chi connectivity index (χ4v) is 3.12. The lowest BCUT2D eigenvalue weighted by Crippen LogP contribution is -2.05. The van der Waals surface area contributed by atoms with Gasteiger partial charge in [0.05, 0.1) is 14.2 Å². The zero-order valence-electron chi connectivity index (χ0n) is 12.8. The number of hydrogen-bond acceptors (Lipinski definition) is 3. The van der Waals surface area contributed by atoms with Crippen LogP contribution in [-0.2, 0) is 6.54 Å². The number of halogens is 1. The maximum absolute atomic E-state index is 5.57. The van der Waals surface area contributed by atoms with E-state index >= 15 is 0 Å². The third kappa shape index (κ3) is 3.22. The van der Waals surface area contributed by atoms with Crippen LogP contribution in [0, 0.1) is 6.92 Å². The molecule has 1 N–H and O–H groups in total. The molecule has 0 unspecified atom stereocenters. The highest BCUT2D eigenvalue weighted by molar-refractivity contribution is 9.10. The van der Waals surface area contributed by atoms with Gasteiger partial charge in [0.15, 0.2) is 0 Å². The number of methoxy groups -OCH3 is 2. The number of nitrogens with one attached hydrogen (secondary N) is 1. The Balaban J connectivity index is 2.54. The summed E-state index contributed by atoms with van der Waals surface area (Å²) in [5.41, 5.74) is 4.71. The predicted molar refractivity (Wildman–Crippen MR) is 90.2 cm³/mol. The van der Waals surface area contributed by atoms with Gasteiger partial charge in [-0.2, -0.15) is 0 Å². The second-order valence-corrected chi connectivity index (χ2v) is 5.64. The van der Waals surface area contributed by atoms with Crippen molar-refractivity contribution in [1.82, 2.24) is 5.32 Å². The Morgan fingerprint density at radius 3 is 2.33 bits per heavy atom. The van der Waals surface area contributed by atoms with Gasteiger partial charge in [0.2, 0.25) is 0 Å². The van der Waals surface area contributed by atoms with Crippen molar-refractivity contribution in [1.29, 1.82) is 0 Å². The topological polar surface area (TPSA) is 30.5 Å². The Kier molecular flexibility index (Phi) is 5.26. The highest BCUT2D eigenvalue weighted by Crippen LogP contribution is 2.42. The summed E-state index contributed by atoms with van der Waals surface area (Å²) in [6.07, 6.45) is 0. The summed E-state index contributed by atoms with van der Waals surface area (Å²) in [5.74, 6) is 1.55. The maximum atomic E-state index is 5.57. The van der Waals surface area contributed by atoms with E-state index in [-0.39, 0.29) is 0 Å². The molecule has 0 aliphatic heterocycles. The van der Waals surface area contributed by atoms with Crippen molar-refractivity contribution in [3.8, 4) is 22.6 Å². The molecule has 0 aliphatic rings. The molecule has 0 atom stereocenters. The summed E-state index contributed by atoms with van der Waals surface area (Å²) in [7, 11) is 5.28. The van der Waals surface area contributed by atoms with Gasteiger partial charge in [0.1, 0.15) is 16.0 Å². The van der Waals surface area contributed by atoms with Gasteiger partial charge >= 0.3 is 0 Å². The first-order chi connectivity index (χ1) is 10.1. The summed E-state index contributed by atoms with van der Waals surface area (Å²) in [5, 5.41) is 3.17. The molecule has 0 saturated carbocycles. The summed E-state index contributed by atoms with van der Waals surface area (Å²) in [4.78, 5) is 0. The molecule has 0 saturated heterocycles. The first kappa shape index (κ1) is 15.9. The Bertz CT molecular complexity index is 641. The Hall–Kier alpha value is -1.52. The first-order valence-electron chi connectivity index (χ1n) is 6.77. The Labute approximate surface area is 134 Å². The Morgan fingerprint density at radius 1 is 1.05 bits per heavy atom. The minimum absolute atomic E-state index is 0.764. The quantitative estimate of drug-likeness (QED) is 0.878. The lowest BCUT2D eigenvalue weighted by atomic mass is 9.97. The Morgan fingerprint density at radius 2 is 1.76 bits per heavy atom. The van der Waals surface area contributed by atoms with Gasteiger partial charge in [-0.1, -0.05) is 18.2 Å². The molecule has 2 aromatic rings.